The molecule has 2 saturated heterocycles. The van der Waals surface area contributed by atoms with Crippen LogP contribution in [0.2, 0.25) is 0 Å². The summed E-state index contributed by atoms with van der Waals surface area (Å²) in [5.74, 6) is 0.165. The number of rotatable bonds is 8. The highest BCUT2D eigenvalue weighted by Crippen LogP contribution is 2.76. The minimum absolute atomic E-state index is 0.0381. The monoisotopic (exact) mass is 766 g/mol. The second kappa shape index (κ2) is 15.3. The molecule has 2 heterocycles. The lowest BCUT2D eigenvalue weighted by Crippen LogP contribution is -2.71. The maximum absolute atomic E-state index is 12.2. The highest BCUT2D eigenvalue weighted by atomic mass is 16.8. The first-order valence-electron chi connectivity index (χ1n) is 20.4. The molecular formula is C42H70O12. The van der Waals surface area contributed by atoms with Gasteiger partial charge in [0, 0.05) is 0 Å². The van der Waals surface area contributed by atoms with Gasteiger partial charge in [-0.1, -0.05) is 57.9 Å². The summed E-state index contributed by atoms with van der Waals surface area (Å²) in [6.45, 7) is 18.5. The van der Waals surface area contributed by atoms with Gasteiger partial charge < -0.3 is 59.8 Å². The number of hydrogen-bond donors (Lipinski definition) is 8. The zero-order valence-corrected chi connectivity index (χ0v) is 33.8. The first-order chi connectivity index (χ1) is 25.1. The average molecular weight is 767 g/mol. The molecule has 0 bridgehead atoms. The Labute approximate surface area is 321 Å². The predicted molar refractivity (Wildman–Crippen MR) is 199 cm³/mol. The zero-order valence-electron chi connectivity index (χ0n) is 33.8. The van der Waals surface area contributed by atoms with Gasteiger partial charge in [0.05, 0.1) is 31.0 Å². The van der Waals surface area contributed by atoms with Crippen LogP contribution in [-0.4, -0.2) is 127 Å². The molecule has 0 aromatic heterocycles. The Bertz CT molecular complexity index is 1400. The van der Waals surface area contributed by atoms with Crippen LogP contribution in [0.3, 0.4) is 0 Å². The lowest BCUT2D eigenvalue weighted by Gasteiger charge is -2.72. The highest BCUT2D eigenvalue weighted by molar-refractivity contribution is 5.24. The topological polar surface area (TPSA) is 199 Å². The molecule has 0 unspecified atom stereocenters. The quantitative estimate of drug-likeness (QED) is 0.133. The lowest BCUT2D eigenvalue weighted by atomic mass is 9.34. The van der Waals surface area contributed by atoms with Crippen molar-refractivity contribution in [2.75, 3.05) is 6.61 Å². The number of ether oxygens (including phenoxy) is 4. The van der Waals surface area contributed by atoms with Crippen LogP contribution >= 0.6 is 0 Å². The van der Waals surface area contributed by atoms with E-state index in [0.29, 0.717) is 19.3 Å². The third kappa shape index (κ3) is 6.79. The van der Waals surface area contributed by atoms with Crippen LogP contribution in [0.25, 0.3) is 0 Å². The highest BCUT2D eigenvalue weighted by Gasteiger charge is 2.73. The van der Waals surface area contributed by atoms with Gasteiger partial charge in [0.2, 0.25) is 0 Å². The van der Waals surface area contributed by atoms with E-state index < -0.39 is 91.7 Å². The number of fused-ring (bicyclic) bond motifs is 5. The van der Waals surface area contributed by atoms with Crippen LogP contribution < -0.4 is 0 Å². The molecule has 4 saturated carbocycles. The number of aliphatic hydroxyl groups excluding tert-OH is 8. The van der Waals surface area contributed by atoms with Crippen LogP contribution in [0.5, 0.6) is 0 Å². The first-order valence-corrected chi connectivity index (χ1v) is 20.4. The van der Waals surface area contributed by atoms with Gasteiger partial charge in [0.25, 0.3) is 0 Å². The summed E-state index contributed by atoms with van der Waals surface area (Å²) in [6, 6.07) is 0. The average Bonchev–Trinajstić information content (AvgIpc) is 3.48. The molecule has 6 fully saturated rings. The summed E-state index contributed by atoms with van der Waals surface area (Å²) in [6.07, 6.45) is -6.05. The van der Waals surface area contributed by atoms with Gasteiger partial charge in [0.1, 0.15) is 42.7 Å². The fraction of sp³-hybridized carbons (Fsp3) is 0.905. The largest absolute Gasteiger partial charge is 0.394 e. The standard InChI is InChI=1S/C42H70O12/c1-20(2)11-10-12-21(3)23-13-16-41(8)29(23)24(44)17-27-40(7)15-14-28(45)39(5,6)36(40)25(18-42(27,41)9)52-38-35(33(49)31(47)26(19-43)53-38)54-37-34(50)32(48)30(46)22(4)51-37/h11-12,22-38,43-50H,10,13-19H2,1-9H3/b21-12+/t22-,23+,24+,25-,26+,27+,28-,29-,30-,31+,32+,33-,34+,35+,36-,37-,38+,40+,41+,42+/m0/s1. The van der Waals surface area contributed by atoms with Crippen LogP contribution in [-0.2, 0) is 18.9 Å². The van der Waals surface area contributed by atoms with Crippen molar-refractivity contribution in [3.05, 3.63) is 23.3 Å². The van der Waals surface area contributed by atoms with E-state index in [1.165, 1.54) is 18.1 Å². The smallest absolute Gasteiger partial charge is 0.187 e. The minimum atomic E-state index is -1.68. The summed E-state index contributed by atoms with van der Waals surface area (Å²) in [5, 5.41) is 88.2. The van der Waals surface area contributed by atoms with E-state index >= 15 is 0 Å². The Morgan fingerprint density at radius 2 is 1.44 bits per heavy atom. The van der Waals surface area contributed by atoms with Crippen molar-refractivity contribution in [1.82, 2.24) is 0 Å². The van der Waals surface area contributed by atoms with Crippen molar-refractivity contribution in [2.45, 2.75) is 187 Å². The number of allylic oxidation sites excluding steroid dienone is 4. The summed E-state index contributed by atoms with van der Waals surface area (Å²) in [5.41, 5.74) is 1.01. The molecule has 0 amide bonds. The Morgan fingerprint density at radius 1 is 0.759 bits per heavy atom. The van der Waals surface area contributed by atoms with Gasteiger partial charge >= 0.3 is 0 Å². The second-order valence-electron chi connectivity index (χ2n) is 19.6. The van der Waals surface area contributed by atoms with E-state index in [0.717, 1.165) is 25.7 Å². The van der Waals surface area contributed by atoms with Crippen LogP contribution in [0.4, 0.5) is 0 Å². The molecule has 0 aromatic rings. The number of aliphatic hydroxyl groups is 8. The maximum atomic E-state index is 12.2. The van der Waals surface area contributed by atoms with E-state index in [1.54, 1.807) is 0 Å². The molecule has 12 nitrogen and oxygen atoms in total. The van der Waals surface area contributed by atoms with E-state index in [4.69, 9.17) is 18.9 Å². The molecule has 2 aliphatic heterocycles. The fourth-order valence-corrected chi connectivity index (χ4v) is 12.9. The molecule has 0 aromatic carbocycles. The molecule has 0 spiro atoms. The van der Waals surface area contributed by atoms with Gasteiger partial charge in [-0.3, -0.25) is 0 Å². The summed E-state index contributed by atoms with van der Waals surface area (Å²) < 4.78 is 25.2. The third-order valence-electron chi connectivity index (χ3n) is 16.0. The number of hydrogen-bond acceptors (Lipinski definition) is 12. The van der Waals surface area contributed by atoms with Crippen molar-refractivity contribution < 1.29 is 59.8 Å². The van der Waals surface area contributed by atoms with Gasteiger partial charge in [0.15, 0.2) is 12.6 Å². The molecule has 12 heteroatoms. The van der Waals surface area contributed by atoms with Crippen molar-refractivity contribution in [1.29, 1.82) is 0 Å². The Hall–Kier alpha value is -1.00. The van der Waals surface area contributed by atoms with Crippen molar-refractivity contribution >= 4 is 0 Å². The zero-order chi connectivity index (χ0) is 39.9. The van der Waals surface area contributed by atoms with Crippen molar-refractivity contribution in [3.63, 3.8) is 0 Å². The Kier molecular flexibility index (Phi) is 12.1. The van der Waals surface area contributed by atoms with E-state index in [9.17, 15) is 40.9 Å². The second-order valence-corrected chi connectivity index (χ2v) is 19.6. The summed E-state index contributed by atoms with van der Waals surface area (Å²) in [7, 11) is 0. The lowest BCUT2D eigenvalue weighted by molar-refractivity contribution is -0.381. The predicted octanol–water partition coefficient (Wildman–Crippen LogP) is 2.95. The molecule has 8 N–H and O–H groups in total. The molecule has 6 aliphatic rings. The summed E-state index contributed by atoms with van der Waals surface area (Å²) >= 11 is 0. The van der Waals surface area contributed by atoms with Gasteiger partial charge in [-0.05, 0) is 118 Å². The van der Waals surface area contributed by atoms with E-state index in [-0.39, 0.29) is 39.9 Å². The third-order valence-corrected chi connectivity index (χ3v) is 16.0. The van der Waals surface area contributed by atoms with Gasteiger partial charge in [-0.2, -0.15) is 0 Å². The Balaban J connectivity index is 1.39. The molecule has 6 rings (SSSR count). The SMILES string of the molecule is CC(C)=CC/C=C(\C)[C@H]1CC[C@]2(C)[C@@H]1[C@H](O)C[C@@H]1[C@@]3(C)CC[C@H](O)C(C)(C)[C@@H]3[C@@H](O[C@@H]3O[C@H](CO)[C@@H](O)[C@H](O)[C@H]3O[C@@H]3O[C@@H](C)[C@H](O)[C@@H](O)[C@H]3O)C[C@]12C. The molecule has 54 heavy (non-hydrogen) atoms. The van der Waals surface area contributed by atoms with Crippen LogP contribution in [0.1, 0.15) is 107 Å². The van der Waals surface area contributed by atoms with Crippen LogP contribution in [0.15, 0.2) is 23.3 Å². The molecular weight excluding hydrogens is 696 g/mol. The molecule has 310 valence electrons. The van der Waals surface area contributed by atoms with Crippen molar-refractivity contribution in [2.24, 2.45) is 45.3 Å². The van der Waals surface area contributed by atoms with Gasteiger partial charge in [-0.25, -0.2) is 0 Å². The fourth-order valence-electron chi connectivity index (χ4n) is 12.9. The van der Waals surface area contributed by atoms with Crippen LogP contribution in [0, 0.1) is 45.3 Å². The first kappa shape index (κ1) is 42.6. The molecule has 0 radical (unpaired) electrons. The maximum Gasteiger partial charge on any atom is 0.187 e. The van der Waals surface area contributed by atoms with Crippen molar-refractivity contribution in [3.8, 4) is 0 Å². The van der Waals surface area contributed by atoms with E-state index in [1.807, 2.05) is 0 Å². The molecule has 20 atom stereocenters. The normalized spacial score (nSPS) is 53.3. The molecule has 4 aliphatic carbocycles. The van der Waals surface area contributed by atoms with Gasteiger partial charge in [-0.15, -0.1) is 0 Å². The Morgan fingerprint density at radius 3 is 2.09 bits per heavy atom. The minimum Gasteiger partial charge on any atom is -0.394 e. The van der Waals surface area contributed by atoms with E-state index in [2.05, 4.69) is 67.5 Å². The summed E-state index contributed by atoms with van der Waals surface area (Å²) in [4.78, 5) is 0.